The van der Waals surface area contributed by atoms with Gasteiger partial charge >= 0.3 is 0 Å². The van der Waals surface area contributed by atoms with Gasteiger partial charge < -0.3 is 9.88 Å². The van der Waals surface area contributed by atoms with Crippen molar-refractivity contribution in [1.82, 2.24) is 9.97 Å². The number of H-pyrrole nitrogens is 1. The van der Waals surface area contributed by atoms with Gasteiger partial charge in [-0.2, -0.15) is 5.26 Å². The predicted molar refractivity (Wildman–Crippen MR) is 74.9 cm³/mol. The number of halogens is 1. The quantitative estimate of drug-likeness (QED) is 0.825. The van der Waals surface area contributed by atoms with Crippen LogP contribution in [0, 0.1) is 20.8 Å². The molecule has 1 aromatic rings. The molecule has 6 heteroatoms. The van der Waals surface area contributed by atoms with Crippen molar-refractivity contribution in [3.05, 3.63) is 20.3 Å². The van der Waals surface area contributed by atoms with Crippen LogP contribution in [0.5, 0.6) is 0 Å². The molecule has 0 aliphatic rings. The average molecular weight is 346 g/mol. The molecule has 92 valence electrons. The zero-order chi connectivity index (χ0) is 12.8. The van der Waals surface area contributed by atoms with E-state index >= 15 is 0 Å². The van der Waals surface area contributed by atoms with Crippen LogP contribution >= 0.6 is 22.6 Å². The molecular weight excluding hydrogens is 331 g/mol. The van der Waals surface area contributed by atoms with Gasteiger partial charge in [0.1, 0.15) is 9.39 Å². The average Bonchev–Trinajstić information content (AvgIpc) is 2.28. The molecule has 0 fully saturated rings. The van der Waals surface area contributed by atoms with Gasteiger partial charge in [-0.25, -0.2) is 4.98 Å². The molecule has 0 saturated carbocycles. The van der Waals surface area contributed by atoms with Crippen LogP contribution in [0.1, 0.15) is 20.3 Å². The maximum atomic E-state index is 11.5. The van der Waals surface area contributed by atoms with Crippen molar-refractivity contribution >= 4 is 28.4 Å². The van der Waals surface area contributed by atoms with Gasteiger partial charge in [0.15, 0.2) is 0 Å². The monoisotopic (exact) mass is 346 g/mol. The zero-order valence-corrected chi connectivity index (χ0v) is 12.1. The Morgan fingerprint density at radius 2 is 2.35 bits per heavy atom. The summed E-state index contributed by atoms with van der Waals surface area (Å²) < 4.78 is 0.573. The molecule has 0 saturated heterocycles. The summed E-state index contributed by atoms with van der Waals surface area (Å²) in [6, 6.07) is 2.12. The third-order valence-electron chi connectivity index (χ3n) is 2.16. The lowest BCUT2D eigenvalue weighted by Gasteiger charge is -2.25. The summed E-state index contributed by atoms with van der Waals surface area (Å²) in [5.41, 5.74) is -0.138. The first-order chi connectivity index (χ1) is 8.06. The Bertz CT molecular complexity index is 463. The van der Waals surface area contributed by atoms with E-state index in [2.05, 4.69) is 29.9 Å². The summed E-state index contributed by atoms with van der Waals surface area (Å²) in [7, 11) is 0. The minimum absolute atomic E-state index is 0.138. The number of nitriles is 1. The van der Waals surface area contributed by atoms with Gasteiger partial charge in [-0.05, 0) is 28.5 Å². The number of hydrogen-bond acceptors (Lipinski definition) is 4. The molecule has 0 atom stereocenters. The number of nitrogens with zero attached hydrogens (tertiary/aromatic N) is 3. The first-order valence-corrected chi connectivity index (χ1v) is 6.49. The molecule has 0 aromatic carbocycles. The van der Waals surface area contributed by atoms with Crippen LogP contribution in [0.2, 0.25) is 0 Å². The fourth-order valence-corrected chi connectivity index (χ4v) is 2.14. The van der Waals surface area contributed by atoms with Crippen molar-refractivity contribution < 1.29 is 0 Å². The van der Waals surface area contributed by atoms with Crippen molar-refractivity contribution in [2.45, 2.75) is 20.3 Å². The Labute approximate surface area is 114 Å². The van der Waals surface area contributed by atoms with Crippen molar-refractivity contribution in [2.24, 2.45) is 5.92 Å². The Balaban J connectivity index is 3.00. The van der Waals surface area contributed by atoms with Crippen LogP contribution in [0.4, 0.5) is 5.82 Å². The Kier molecular flexibility index (Phi) is 5.41. The van der Waals surface area contributed by atoms with Crippen molar-refractivity contribution in [3.63, 3.8) is 0 Å². The van der Waals surface area contributed by atoms with E-state index in [1.54, 1.807) is 0 Å². The van der Waals surface area contributed by atoms with Crippen LogP contribution in [0.25, 0.3) is 0 Å². The maximum Gasteiger partial charge on any atom is 0.266 e. The van der Waals surface area contributed by atoms with E-state index in [1.807, 2.05) is 27.5 Å². The molecule has 17 heavy (non-hydrogen) atoms. The number of anilines is 1. The molecule has 0 bridgehead atoms. The predicted octanol–water partition coefficient (Wildman–Crippen LogP) is 1.75. The van der Waals surface area contributed by atoms with Gasteiger partial charge in [-0.15, -0.1) is 0 Å². The smallest absolute Gasteiger partial charge is 0.266 e. The van der Waals surface area contributed by atoms with Gasteiger partial charge in [-0.1, -0.05) is 13.8 Å². The molecule has 5 nitrogen and oxygen atoms in total. The number of nitrogens with one attached hydrogen (secondary N) is 1. The van der Waals surface area contributed by atoms with E-state index in [9.17, 15) is 4.79 Å². The summed E-state index contributed by atoms with van der Waals surface area (Å²) in [6.07, 6.45) is 1.83. The van der Waals surface area contributed by atoms with E-state index < -0.39 is 0 Å². The largest absolute Gasteiger partial charge is 0.354 e. The number of rotatable bonds is 5. The lowest BCUT2D eigenvalue weighted by Crippen LogP contribution is -2.32. The maximum absolute atomic E-state index is 11.5. The molecule has 1 heterocycles. The van der Waals surface area contributed by atoms with Crippen LogP contribution in [0.15, 0.2) is 11.1 Å². The SMILES string of the molecule is CC(C)CN(CCC#N)c1nc[nH]c(=O)c1I. The molecule has 0 aliphatic heterocycles. The molecule has 0 unspecified atom stereocenters. The summed E-state index contributed by atoms with van der Waals surface area (Å²) in [4.78, 5) is 20.2. The Morgan fingerprint density at radius 3 is 2.94 bits per heavy atom. The van der Waals surface area contributed by atoms with Crippen LogP contribution < -0.4 is 10.5 Å². The zero-order valence-electron chi connectivity index (χ0n) is 9.90. The highest BCUT2D eigenvalue weighted by atomic mass is 127. The lowest BCUT2D eigenvalue weighted by molar-refractivity contribution is 0.606. The summed E-state index contributed by atoms with van der Waals surface area (Å²) in [5, 5.41) is 8.65. The molecular formula is C11H15IN4O. The van der Waals surface area contributed by atoms with E-state index in [1.165, 1.54) is 6.33 Å². The molecule has 0 spiro atoms. The van der Waals surface area contributed by atoms with E-state index in [0.717, 1.165) is 6.54 Å². The van der Waals surface area contributed by atoms with Gasteiger partial charge in [0.05, 0.1) is 18.8 Å². The number of aromatic nitrogens is 2. The first kappa shape index (κ1) is 14.0. The highest BCUT2D eigenvalue weighted by molar-refractivity contribution is 14.1. The second kappa shape index (κ2) is 6.59. The second-order valence-corrected chi connectivity index (χ2v) is 5.20. The van der Waals surface area contributed by atoms with E-state index in [0.29, 0.717) is 28.3 Å². The molecule has 1 N–H and O–H groups in total. The van der Waals surface area contributed by atoms with Gasteiger partial charge in [0, 0.05) is 13.1 Å². The van der Waals surface area contributed by atoms with Crippen molar-refractivity contribution in [2.75, 3.05) is 18.0 Å². The van der Waals surface area contributed by atoms with Gasteiger partial charge in [0.2, 0.25) is 0 Å². The first-order valence-electron chi connectivity index (χ1n) is 5.41. The molecule has 0 aliphatic carbocycles. The van der Waals surface area contributed by atoms with Crippen LogP contribution in [-0.2, 0) is 0 Å². The Morgan fingerprint density at radius 1 is 1.65 bits per heavy atom. The van der Waals surface area contributed by atoms with E-state index in [4.69, 9.17) is 5.26 Å². The normalized spacial score (nSPS) is 10.3. The fourth-order valence-electron chi connectivity index (χ4n) is 1.50. The second-order valence-electron chi connectivity index (χ2n) is 4.12. The molecule has 1 aromatic heterocycles. The third-order valence-corrected chi connectivity index (χ3v) is 3.13. The van der Waals surface area contributed by atoms with E-state index in [-0.39, 0.29) is 5.56 Å². The van der Waals surface area contributed by atoms with Crippen LogP contribution in [0.3, 0.4) is 0 Å². The topological polar surface area (TPSA) is 72.8 Å². The number of aromatic amines is 1. The number of hydrogen-bond donors (Lipinski definition) is 1. The summed E-state index contributed by atoms with van der Waals surface area (Å²) in [5.74, 6) is 1.11. The third kappa shape index (κ3) is 4.00. The molecule has 0 radical (unpaired) electrons. The van der Waals surface area contributed by atoms with Gasteiger partial charge in [0.25, 0.3) is 5.56 Å². The summed E-state index contributed by atoms with van der Waals surface area (Å²) >= 11 is 1.99. The minimum Gasteiger partial charge on any atom is -0.354 e. The molecule has 1 rings (SSSR count). The standard InChI is InChI=1S/C11H15IN4O/c1-8(2)6-16(5-3-4-13)10-9(12)11(17)15-7-14-10/h7-8H,3,5-6H2,1-2H3,(H,14,15,17). The van der Waals surface area contributed by atoms with Crippen LogP contribution in [-0.4, -0.2) is 23.1 Å². The minimum atomic E-state index is -0.138. The Hall–Kier alpha value is -1.10. The van der Waals surface area contributed by atoms with Gasteiger partial charge in [-0.3, -0.25) is 4.79 Å². The highest BCUT2D eigenvalue weighted by Gasteiger charge is 2.14. The summed E-state index contributed by atoms with van der Waals surface area (Å²) in [6.45, 7) is 5.58. The molecule has 0 amide bonds. The van der Waals surface area contributed by atoms with Crippen molar-refractivity contribution in [3.8, 4) is 6.07 Å². The fraction of sp³-hybridized carbons (Fsp3) is 0.545. The van der Waals surface area contributed by atoms with Crippen molar-refractivity contribution in [1.29, 1.82) is 5.26 Å². The lowest BCUT2D eigenvalue weighted by atomic mass is 10.2. The highest BCUT2D eigenvalue weighted by Crippen LogP contribution is 2.17.